The zero-order valence-electron chi connectivity index (χ0n) is 12.5. The molecule has 0 aliphatic heterocycles. The molecule has 0 nitrogen and oxygen atoms in total. The molecule has 2 rings (SSSR count). The first-order valence-corrected chi connectivity index (χ1v) is 8.14. The van der Waals surface area contributed by atoms with E-state index in [0.29, 0.717) is 0 Å². The van der Waals surface area contributed by atoms with Crippen LogP contribution in [-0.4, -0.2) is 0 Å². The van der Waals surface area contributed by atoms with Gasteiger partial charge in [-0.1, -0.05) is 53.4 Å². The third-order valence-corrected chi connectivity index (χ3v) is 6.08. The van der Waals surface area contributed by atoms with E-state index in [-0.39, 0.29) is 0 Å². The molecule has 0 bridgehead atoms. The minimum Gasteiger partial charge on any atom is -0.0654 e. The Labute approximate surface area is 109 Å². The van der Waals surface area contributed by atoms with Crippen molar-refractivity contribution in [1.29, 1.82) is 0 Å². The SMILES string of the molecule is CCCC(CC)C1CC2(CC(C(C)CC)C2)C1. The van der Waals surface area contributed by atoms with Gasteiger partial charge >= 0.3 is 0 Å². The van der Waals surface area contributed by atoms with E-state index in [2.05, 4.69) is 27.7 Å². The summed E-state index contributed by atoms with van der Waals surface area (Å²) >= 11 is 0. The van der Waals surface area contributed by atoms with E-state index < -0.39 is 0 Å². The summed E-state index contributed by atoms with van der Waals surface area (Å²) in [5.41, 5.74) is 0.847. The molecule has 0 heterocycles. The van der Waals surface area contributed by atoms with E-state index in [1.165, 1.54) is 25.7 Å². The second-order valence-corrected chi connectivity index (χ2v) is 7.18. The molecule has 2 fully saturated rings. The molecule has 0 amide bonds. The van der Waals surface area contributed by atoms with Crippen LogP contribution in [0.3, 0.4) is 0 Å². The molecular weight excluding hydrogens is 204 g/mol. The van der Waals surface area contributed by atoms with Crippen molar-refractivity contribution >= 4 is 0 Å². The van der Waals surface area contributed by atoms with Gasteiger partial charge in [0.25, 0.3) is 0 Å². The van der Waals surface area contributed by atoms with E-state index in [1.54, 1.807) is 25.7 Å². The van der Waals surface area contributed by atoms with Crippen molar-refractivity contribution in [3.63, 3.8) is 0 Å². The van der Waals surface area contributed by atoms with Gasteiger partial charge in [0, 0.05) is 0 Å². The van der Waals surface area contributed by atoms with E-state index in [1.807, 2.05) is 0 Å². The van der Waals surface area contributed by atoms with Crippen LogP contribution >= 0.6 is 0 Å². The van der Waals surface area contributed by atoms with Gasteiger partial charge in [-0.2, -0.15) is 0 Å². The molecule has 2 aliphatic carbocycles. The van der Waals surface area contributed by atoms with Crippen LogP contribution in [0.25, 0.3) is 0 Å². The van der Waals surface area contributed by atoms with E-state index in [9.17, 15) is 0 Å². The predicted molar refractivity (Wildman–Crippen MR) is 76.0 cm³/mol. The lowest BCUT2D eigenvalue weighted by Crippen LogP contribution is -2.50. The normalized spacial score (nSPS) is 39.5. The Morgan fingerprint density at radius 3 is 2.00 bits per heavy atom. The first-order valence-electron chi connectivity index (χ1n) is 8.14. The summed E-state index contributed by atoms with van der Waals surface area (Å²) in [4.78, 5) is 0. The number of hydrogen-bond donors (Lipinski definition) is 0. The summed E-state index contributed by atoms with van der Waals surface area (Å²) in [6.45, 7) is 9.56. The maximum atomic E-state index is 2.46. The summed E-state index contributed by atoms with van der Waals surface area (Å²) < 4.78 is 0. The molecule has 0 saturated heterocycles. The fourth-order valence-corrected chi connectivity index (χ4v) is 4.65. The van der Waals surface area contributed by atoms with E-state index >= 15 is 0 Å². The molecule has 2 atom stereocenters. The van der Waals surface area contributed by atoms with Crippen LogP contribution in [0.2, 0.25) is 0 Å². The first kappa shape index (κ1) is 13.4. The van der Waals surface area contributed by atoms with Gasteiger partial charge in [0.2, 0.25) is 0 Å². The Balaban J connectivity index is 1.73. The van der Waals surface area contributed by atoms with Gasteiger partial charge in [0.05, 0.1) is 0 Å². The van der Waals surface area contributed by atoms with Gasteiger partial charge < -0.3 is 0 Å². The second kappa shape index (κ2) is 5.33. The van der Waals surface area contributed by atoms with Crippen molar-refractivity contribution in [2.45, 2.75) is 79.1 Å². The molecule has 0 aromatic heterocycles. The zero-order valence-corrected chi connectivity index (χ0v) is 12.5. The Hall–Kier alpha value is 0. The standard InChI is InChI=1S/C17H32/c1-5-8-14(7-3)16-11-17(12-16)9-15(10-17)13(4)6-2/h13-16H,5-12H2,1-4H3. The van der Waals surface area contributed by atoms with Crippen molar-refractivity contribution in [1.82, 2.24) is 0 Å². The van der Waals surface area contributed by atoms with Crippen LogP contribution in [0.1, 0.15) is 79.1 Å². The van der Waals surface area contributed by atoms with Gasteiger partial charge in [-0.25, -0.2) is 0 Å². The largest absolute Gasteiger partial charge is 0.0654 e. The average molecular weight is 236 g/mol. The summed E-state index contributed by atoms with van der Waals surface area (Å²) in [5, 5.41) is 0. The monoisotopic (exact) mass is 236 g/mol. The molecule has 0 aromatic carbocycles. The van der Waals surface area contributed by atoms with Crippen molar-refractivity contribution in [3.8, 4) is 0 Å². The molecule has 0 heteroatoms. The summed E-state index contributed by atoms with van der Waals surface area (Å²) in [6.07, 6.45) is 12.0. The first-order chi connectivity index (χ1) is 8.14. The van der Waals surface area contributed by atoms with Crippen molar-refractivity contribution < 1.29 is 0 Å². The molecule has 17 heavy (non-hydrogen) atoms. The lowest BCUT2D eigenvalue weighted by atomic mass is 9.44. The lowest BCUT2D eigenvalue weighted by molar-refractivity contribution is -0.104. The average Bonchev–Trinajstić information content (AvgIpc) is 2.23. The van der Waals surface area contributed by atoms with Crippen molar-refractivity contribution in [2.24, 2.45) is 29.1 Å². The molecule has 100 valence electrons. The topological polar surface area (TPSA) is 0 Å². The minimum absolute atomic E-state index is 0.847. The van der Waals surface area contributed by atoms with E-state index in [0.717, 1.165) is 29.1 Å². The maximum absolute atomic E-state index is 2.46. The summed E-state index contributed by atoms with van der Waals surface area (Å²) in [5.74, 6) is 4.20. The number of hydrogen-bond acceptors (Lipinski definition) is 0. The highest BCUT2D eigenvalue weighted by molar-refractivity contribution is 5.04. The Morgan fingerprint density at radius 1 is 0.941 bits per heavy atom. The quantitative estimate of drug-likeness (QED) is 0.558. The smallest absolute Gasteiger partial charge is 0.0287 e. The minimum atomic E-state index is 0.847. The predicted octanol–water partition coefficient (Wildman–Crippen LogP) is 5.67. The fraction of sp³-hybridized carbons (Fsp3) is 1.00. The van der Waals surface area contributed by atoms with Crippen molar-refractivity contribution in [2.75, 3.05) is 0 Å². The van der Waals surface area contributed by atoms with Crippen LogP contribution in [0, 0.1) is 29.1 Å². The molecule has 0 radical (unpaired) electrons. The highest BCUT2D eigenvalue weighted by Gasteiger charge is 2.54. The van der Waals surface area contributed by atoms with Gasteiger partial charge in [0.15, 0.2) is 0 Å². The van der Waals surface area contributed by atoms with Crippen LogP contribution < -0.4 is 0 Å². The third-order valence-electron chi connectivity index (χ3n) is 6.08. The maximum Gasteiger partial charge on any atom is -0.0287 e. The summed E-state index contributed by atoms with van der Waals surface area (Å²) in [7, 11) is 0. The van der Waals surface area contributed by atoms with Gasteiger partial charge in [-0.3, -0.25) is 0 Å². The molecular formula is C17H32. The Bertz CT molecular complexity index is 228. The fourth-order valence-electron chi connectivity index (χ4n) is 4.65. The molecule has 1 spiro atoms. The van der Waals surface area contributed by atoms with Crippen LogP contribution in [0.4, 0.5) is 0 Å². The van der Waals surface area contributed by atoms with Crippen LogP contribution in [0.15, 0.2) is 0 Å². The molecule has 0 aromatic rings. The van der Waals surface area contributed by atoms with Crippen molar-refractivity contribution in [3.05, 3.63) is 0 Å². The Morgan fingerprint density at radius 2 is 1.53 bits per heavy atom. The Kier molecular flexibility index (Phi) is 4.21. The highest BCUT2D eigenvalue weighted by Crippen LogP contribution is 2.64. The molecule has 2 unspecified atom stereocenters. The lowest BCUT2D eigenvalue weighted by Gasteiger charge is -2.61. The number of rotatable bonds is 6. The zero-order chi connectivity index (χ0) is 12.5. The van der Waals surface area contributed by atoms with Gasteiger partial charge in [-0.05, 0) is 54.8 Å². The van der Waals surface area contributed by atoms with Gasteiger partial charge in [-0.15, -0.1) is 0 Å². The second-order valence-electron chi connectivity index (χ2n) is 7.18. The van der Waals surface area contributed by atoms with E-state index in [4.69, 9.17) is 0 Å². The molecule has 2 saturated carbocycles. The van der Waals surface area contributed by atoms with Crippen LogP contribution in [0.5, 0.6) is 0 Å². The van der Waals surface area contributed by atoms with Crippen LogP contribution in [-0.2, 0) is 0 Å². The molecule has 2 aliphatic rings. The third kappa shape index (κ3) is 2.56. The highest BCUT2D eigenvalue weighted by atomic mass is 14.6. The molecule has 0 N–H and O–H groups in total. The van der Waals surface area contributed by atoms with Gasteiger partial charge in [0.1, 0.15) is 0 Å². The summed E-state index contributed by atoms with van der Waals surface area (Å²) in [6, 6.07) is 0.